The lowest BCUT2D eigenvalue weighted by molar-refractivity contribution is -0.123. The summed E-state index contributed by atoms with van der Waals surface area (Å²) in [6, 6.07) is 14.7. The first-order chi connectivity index (χ1) is 13.1. The van der Waals surface area contributed by atoms with Gasteiger partial charge < -0.3 is 4.74 Å². The molecule has 0 heterocycles. The lowest BCUT2D eigenvalue weighted by atomic mass is 9.87. The monoisotopic (exact) mass is 399 g/mol. The van der Waals surface area contributed by atoms with E-state index in [1.165, 1.54) is 0 Å². The number of amides is 2. The van der Waals surface area contributed by atoms with Crippen molar-refractivity contribution in [3.8, 4) is 5.75 Å². The third kappa shape index (κ3) is 6.66. The van der Waals surface area contributed by atoms with Crippen molar-refractivity contribution in [3.63, 3.8) is 0 Å². The van der Waals surface area contributed by atoms with Gasteiger partial charge in [0.25, 0.3) is 11.8 Å². The number of benzene rings is 2. The Bertz CT molecular complexity index is 841. The summed E-state index contributed by atoms with van der Waals surface area (Å²) in [5.41, 5.74) is 7.59. The van der Waals surface area contributed by atoms with Crippen LogP contribution < -0.4 is 20.9 Å². The van der Waals surface area contributed by atoms with Gasteiger partial charge in [-0.3, -0.25) is 25.8 Å². The van der Waals surface area contributed by atoms with E-state index in [0.29, 0.717) is 11.3 Å². The van der Waals surface area contributed by atoms with Crippen LogP contribution in [0.5, 0.6) is 5.75 Å². The highest BCUT2D eigenvalue weighted by molar-refractivity contribution is 7.80. The van der Waals surface area contributed by atoms with Gasteiger partial charge in [-0.25, -0.2) is 0 Å². The van der Waals surface area contributed by atoms with Crippen LogP contribution in [-0.2, 0) is 10.2 Å². The molecule has 0 saturated carbocycles. The van der Waals surface area contributed by atoms with Gasteiger partial charge in [-0.2, -0.15) is 0 Å². The van der Waals surface area contributed by atoms with E-state index in [1.807, 2.05) is 31.2 Å². The van der Waals surface area contributed by atoms with Crippen molar-refractivity contribution < 1.29 is 14.3 Å². The van der Waals surface area contributed by atoms with Crippen molar-refractivity contribution in [3.05, 3.63) is 65.2 Å². The molecular formula is C21H25N3O3S. The van der Waals surface area contributed by atoms with Gasteiger partial charge in [0.05, 0.1) is 0 Å². The zero-order chi connectivity index (χ0) is 20.7. The molecule has 0 fully saturated rings. The molecule has 0 aliphatic heterocycles. The van der Waals surface area contributed by atoms with Crippen LogP contribution >= 0.6 is 12.2 Å². The minimum atomic E-state index is -0.424. The zero-order valence-corrected chi connectivity index (χ0v) is 17.3. The lowest BCUT2D eigenvalue weighted by Crippen LogP contribution is -2.49. The number of nitrogens with one attached hydrogen (secondary N) is 3. The van der Waals surface area contributed by atoms with Gasteiger partial charge in [-0.15, -0.1) is 0 Å². The molecule has 0 radical (unpaired) electrons. The average molecular weight is 400 g/mol. The molecule has 0 aliphatic carbocycles. The third-order valence-corrected chi connectivity index (χ3v) is 4.15. The molecule has 6 nitrogen and oxygen atoms in total. The quantitative estimate of drug-likeness (QED) is 0.544. The standard InChI is InChI=1S/C21H25N3O3S/c1-14-5-11-17(12-6-14)27-13-18(25)23-24-20(28)22-19(26)15-7-9-16(10-8-15)21(2,3)4/h5-12H,13H2,1-4H3,(H,23,25)(H2,22,24,26,28). The molecule has 2 amide bonds. The number of carbonyl (C=O) groups excluding carboxylic acids is 2. The van der Waals surface area contributed by atoms with Crippen molar-refractivity contribution in [2.24, 2.45) is 0 Å². The van der Waals surface area contributed by atoms with E-state index in [0.717, 1.165) is 11.1 Å². The summed E-state index contributed by atoms with van der Waals surface area (Å²) in [6.45, 7) is 8.10. The number of thiocarbonyl (C=S) groups is 1. The topological polar surface area (TPSA) is 79.5 Å². The predicted molar refractivity (Wildman–Crippen MR) is 113 cm³/mol. The van der Waals surface area contributed by atoms with E-state index in [4.69, 9.17) is 17.0 Å². The van der Waals surface area contributed by atoms with Gasteiger partial charge in [0.2, 0.25) is 0 Å². The van der Waals surface area contributed by atoms with Gasteiger partial charge in [0.15, 0.2) is 11.7 Å². The number of aryl methyl sites for hydroxylation is 1. The maximum atomic E-state index is 12.2. The highest BCUT2D eigenvalue weighted by Crippen LogP contribution is 2.22. The Morgan fingerprint density at radius 1 is 0.964 bits per heavy atom. The van der Waals surface area contributed by atoms with E-state index in [-0.39, 0.29) is 23.0 Å². The van der Waals surface area contributed by atoms with Crippen LogP contribution in [0.4, 0.5) is 0 Å². The van der Waals surface area contributed by atoms with Crippen molar-refractivity contribution in [2.75, 3.05) is 6.61 Å². The van der Waals surface area contributed by atoms with Crippen molar-refractivity contribution in [1.82, 2.24) is 16.2 Å². The summed E-state index contributed by atoms with van der Waals surface area (Å²) in [5.74, 6) is -0.190. The molecule has 2 aromatic rings. The first-order valence-electron chi connectivity index (χ1n) is 8.85. The minimum Gasteiger partial charge on any atom is -0.484 e. The van der Waals surface area contributed by atoms with Crippen molar-refractivity contribution >= 4 is 29.1 Å². The SMILES string of the molecule is Cc1ccc(OCC(=O)NNC(=S)NC(=O)c2ccc(C(C)(C)C)cc2)cc1. The van der Waals surface area contributed by atoms with E-state index in [1.54, 1.807) is 24.3 Å². The van der Waals surface area contributed by atoms with E-state index >= 15 is 0 Å². The van der Waals surface area contributed by atoms with Gasteiger partial charge in [-0.1, -0.05) is 50.6 Å². The Hall–Kier alpha value is -2.93. The number of ether oxygens (including phenoxy) is 1. The molecule has 2 rings (SSSR count). The molecule has 2 aromatic carbocycles. The van der Waals surface area contributed by atoms with E-state index in [2.05, 4.69) is 36.9 Å². The molecule has 0 atom stereocenters. The number of hydrogen-bond acceptors (Lipinski definition) is 4. The summed E-state index contributed by atoms with van der Waals surface area (Å²) < 4.78 is 5.36. The van der Waals surface area contributed by atoms with Crippen LogP contribution in [0.3, 0.4) is 0 Å². The summed E-state index contributed by atoms with van der Waals surface area (Å²) in [5, 5.41) is 2.51. The smallest absolute Gasteiger partial charge is 0.276 e. The Kier molecular flexibility index (Phi) is 7.12. The molecule has 0 bridgehead atoms. The Morgan fingerprint density at radius 2 is 1.57 bits per heavy atom. The molecule has 7 heteroatoms. The van der Waals surface area contributed by atoms with Crippen molar-refractivity contribution in [1.29, 1.82) is 0 Å². The molecule has 3 N–H and O–H groups in total. The number of carbonyl (C=O) groups is 2. The number of hydrogen-bond donors (Lipinski definition) is 3. The highest BCUT2D eigenvalue weighted by atomic mass is 32.1. The molecule has 0 aliphatic rings. The fraction of sp³-hybridized carbons (Fsp3) is 0.286. The van der Waals surface area contributed by atoms with Crippen LogP contribution in [0.15, 0.2) is 48.5 Å². The molecule has 0 saturated heterocycles. The maximum absolute atomic E-state index is 12.2. The van der Waals surface area contributed by atoms with Gasteiger partial charge in [0, 0.05) is 5.56 Å². The van der Waals surface area contributed by atoms with Crippen LogP contribution in [0.25, 0.3) is 0 Å². The van der Waals surface area contributed by atoms with Gasteiger partial charge in [0.1, 0.15) is 5.75 Å². The molecule has 28 heavy (non-hydrogen) atoms. The van der Waals surface area contributed by atoms with Gasteiger partial charge in [-0.05, 0) is 54.4 Å². The molecule has 148 valence electrons. The second kappa shape index (κ2) is 9.32. The van der Waals surface area contributed by atoms with E-state index in [9.17, 15) is 9.59 Å². The Labute approximate surface area is 170 Å². The minimum absolute atomic E-state index is 0.00594. The normalized spacial score (nSPS) is 10.7. The fourth-order valence-corrected chi connectivity index (χ4v) is 2.42. The van der Waals surface area contributed by atoms with Crippen molar-refractivity contribution in [2.45, 2.75) is 33.1 Å². The van der Waals surface area contributed by atoms with Crippen LogP contribution in [0.2, 0.25) is 0 Å². The first kappa shape index (κ1) is 21.4. The van der Waals surface area contributed by atoms with Crippen LogP contribution in [-0.4, -0.2) is 23.5 Å². The fourth-order valence-electron chi connectivity index (χ4n) is 2.27. The molecule has 0 aromatic heterocycles. The number of hydrazine groups is 1. The number of rotatable bonds is 4. The summed E-state index contributed by atoms with van der Waals surface area (Å²) in [7, 11) is 0. The Balaban J connectivity index is 1.76. The molecule has 0 spiro atoms. The summed E-state index contributed by atoms with van der Waals surface area (Å²) >= 11 is 5.03. The molecule has 0 unspecified atom stereocenters. The maximum Gasteiger partial charge on any atom is 0.276 e. The second-order valence-electron chi connectivity index (χ2n) is 7.39. The predicted octanol–water partition coefficient (Wildman–Crippen LogP) is 3.01. The van der Waals surface area contributed by atoms with Gasteiger partial charge >= 0.3 is 0 Å². The van der Waals surface area contributed by atoms with Crippen LogP contribution in [0, 0.1) is 6.92 Å². The van der Waals surface area contributed by atoms with E-state index < -0.39 is 5.91 Å². The first-order valence-corrected chi connectivity index (χ1v) is 9.26. The molecular weight excluding hydrogens is 374 g/mol. The lowest BCUT2D eigenvalue weighted by Gasteiger charge is -2.19. The largest absolute Gasteiger partial charge is 0.484 e. The second-order valence-corrected chi connectivity index (χ2v) is 7.79. The highest BCUT2D eigenvalue weighted by Gasteiger charge is 2.15. The Morgan fingerprint density at radius 3 is 2.14 bits per heavy atom. The summed E-state index contributed by atoms with van der Waals surface area (Å²) in [4.78, 5) is 24.0. The summed E-state index contributed by atoms with van der Waals surface area (Å²) in [6.07, 6.45) is 0. The van der Waals surface area contributed by atoms with Crippen LogP contribution in [0.1, 0.15) is 42.3 Å². The average Bonchev–Trinajstić information content (AvgIpc) is 2.65. The zero-order valence-electron chi connectivity index (χ0n) is 16.5. The third-order valence-electron chi connectivity index (χ3n) is 3.95.